The van der Waals surface area contributed by atoms with E-state index in [9.17, 15) is 14.7 Å². The van der Waals surface area contributed by atoms with E-state index in [1.54, 1.807) is 13.8 Å². The summed E-state index contributed by atoms with van der Waals surface area (Å²) in [5, 5.41) is 11.9. The van der Waals surface area contributed by atoms with Crippen molar-refractivity contribution >= 4 is 11.9 Å². The summed E-state index contributed by atoms with van der Waals surface area (Å²) in [6.45, 7) is 8.07. The fraction of sp³-hybridized carbons (Fsp3) is 0.867. The molecule has 1 aliphatic carbocycles. The van der Waals surface area contributed by atoms with Crippen molar-refractivity contribution in [3.8, 4) is 0 Å². The lowest BCUT2D eigenvalue weighted by Gasteiger charge is -2.65. The van der Waals surface area contributed by atoms with Crippen LogP contribution in [-0.4, -0.2) is 41.3 Å². The van der Waals surface area contributed by atoms with E-state index < -0.39 is 23.0 Å². The average molecular weight is 298 g/mol. The molecule has 0 aromatic heterocycles. The van der Waals surface area contributed by atoms with Crippen molar-refractivity contribution in [1.82, 2.24) is 5.32 Å². The van der Waals surface area contributed by atoms with Crippen molar-refractivity contribution in [2.45, 2.75) is 58.2 Å². The van der Waals surface area contributed by atoms with Gasteiger partial charge >= 0.3 is 5.97 Å². The van der Waals surface area contributed by atoms with Gasteiger partial charge in [0.25, 0.3) is 0 Å². The van der Waals surface area contributed by atoms with Crippen molar-refractivity contribution in [2.75, 3.05) is 6.61 Å². The summed E-state index contributed by atoms with van der Waals surface area (Å²) in [6.07, 6.45) is 1.71. The third-order valence-electron chi connectivity index (χ3n) is 5.28. The number of hydrogen-bond donors (Lipinski definition) is 3. The topological polar surface area (TPSA) is 102 Å². The lowest BCUT2D eigenvalue weighted by atomic mass is 9.46. The minimum atomic E-state index is -1.07. The Morgan fingerprint density at radius 3 is 2.52 bits per heavy atom. The van der Waals surface area contributed by atoms with E-state index >= 15 is 0 Å². The third-order valence-corrected chi connectivity index (χ3v) is 5.28. The summed E-state index contributed by atoms with van der Waals surface area (Å²) in [5.74, 6) is -1.64. The highest BCUT2D eigenvalue weighted by Crippen LogP contribution is 2.57. The number of rotatable bonds is 4. The zero-order chi connectivity index (χ0) is 16.0. The van der Waals surface area contributed by atoms with Crippen LogP contribution in [0.4, 0.5) is 0 Å². The van der Waals surface area contributed by atoms with Crippen LogP contribution in [0.2, 0.25) is 0 Å². The molecule has 0 radical (unpaired) electrons. The van der Waals surface area contributed by atoms with E-state index in [2.05, 4.69) is 5.32 Å². The second kappa shape index (κ2) is 5.25. The molecular formula is C15H26N2O4. The summed E-state index contributed by atoms with van der Waals surface area (Å²) in [6, 6.07) is -0.919. The van der Waals surface area contributed by atoms with Gasteiger partial charge in [-0.3, -0.25) is 4.79 Å². The minimum absolute atomic E-state index is 0.0238. The maximum absolute atomic E-state index is 12.7. The molecule has 0 spiro atoms. The van der Waals surface area contributed by atoms with Crippen LogP contribution >= 0.6 is 0 Å². The number of carbonyl (C=O) groups excluding carboxylic acids is 1. The van der Waals surface area contributed by atoms with Crippen molar-refractivity contribution in [3.63, 3.8) is 0 Å². The van der Waals surface area contributed by atoms with Gasteiger partial charge in [-0.05, 0) is 18.8 Å². The molecule has 4 unspecified atom stereocenters. The van der Waals surface area contributed by atoms with Gasteiger partial charge in [0.1, 0.15) is 11.6 Å². The monoisotopic (exact) mass is 298 g/mol. The number of ether oxygens (including phenoxy) is 1. The molecule has 1 aliphatic heterocycles. The Morgan fingerprint density at radius 2 is 2.00 bits per heavy atom. The number of amides is 1. The molecule has 6 heteroatoms. The zero-order valence-electron chi connectivity index (χ0n) is 13.2. The number of hydrogen-bond acceptors (Lipinski definition) is 4. The van der Waals surface area contributed by atoms with Crippen LogP contribution in [0.3, 0.4) is 0 Å². The normalized spacial score (nSPS) is 35.5. The predicted molar refractivity (Wildman–Crippen MR) is 77.6 cm³/mol. The van der Waals surface area contributed by atoms with Gasteiger partial charge in [-0.15, -0.1) is 0 Å². The van der Waals surface area contributed by atoms with Gasteiger partial charge in [-0.25, -0.2) is 4.79 Å². The van der Waals surface area contributed by atoms with Gasteiger partial charge < -0.3 is 20.9 Å². The second-order valence-corrected chi connectivity index (χ2v) is 7.16. The predicted octanol–water partition coefficient (Wildman–Crippen LogP) is 0.744. The van der Waals surface area contributed by atoms with Gasteiger partial charge in [0.2, 0.25) is 5.91 Å². The molecule has 2 rings (SSSR count). The number of carbonyl (C=O) groups is 2. The molecule has 6 nitrogen and oxygen atoms in total. The van der Waals surface area contributed by atoms with Gasteiger partial charge in [0.05, 0.1) is 6.10 Å². The molecule has 1 saturated heterocycles. The molecule has 1 saturated carbocycles. The summed E-state index contributed by atoms with van der Waals surface area (Å²) >= 11 is 0. The Morgan fingerprint density at radius 1 is 1.38 bits per heavy atom. The van der Waals surface area contributed by atoms with E-state index in [4.69, 9.17) is 10.5 Å². The molecule has 120 valence electrons. The molecule has 2 aliphatic rings. The van der Waals surface area contributed by atoms with Gasteiger partial charge in [0.15, 0.2) is 0 Å². The highest BCUT2D eigenvalue weighted by Gasteiger charge is 2.70. The van der Waals surface area contributed by atoms with Crippen molar-refractivity contribution in [2.24, 2.45) is 23.0 Å². The first-order valence-electron chi connectivity index (χ1n) is 7.58. The standard InChI is InChI=1S/C15H26N2O4/c1-8(2)10(12(18)19)17-13(20)15(16)9-6-5-7-21-11(9)14(15,3)4/h8-11H,5-7,16H2,1-4H3,(H,17,20)(H,18,19). The molecule has 4 N–H and O–H groups in total. The first kappa shape index (κ1) is 16.2. The largest absolute Gasteiger partial charge is 0.480 e. The number of nitrogens with one attached hydrogen (secondary N) is 1. The molecule has 1 amide bonds. The van der Waals surface area contributed by atoms with Gasteiger partial charge in [0, 0.05) is 17.9 Å². The highest BCUT2D eigenvalue weighted by atomic mass is 16.5. The minimum Gasteiger partial charge on any atom is -0.480 e. The van der Waals surface area contributed by atoms with Crippen LogP contribution in [-0.2, 0) is 14.3 Å². The second-order valence-electron chi connectivity index (χ2n) is 7.16. The maximum Gasteiger partial charge on any atom is 0.326 e. The van der Waals surface area contributed by atoms with E-state index in [1.165, 1.54) is 0 Å². The molecule has 0 aromatic rings. The third kappa shape index (κ3) is 2.25. The van der Waals surface area contributed by atoms with Crippen LogP contribution in [0.1, 0.15) is 40.5 Å². The van der Waals surface area contributed by atoms with Crippen LogP contribution in [0.15, 0.2) is 0 Å². The number of nitrogens with two attached hydrogens (primary N) is 1. The molecule has 1 heterocycles. The Kier molecular flexibility index (Phi) is 4.06. The highest BCUT2D eigenvalue weighted by molar-refractivity contribution is 5.92. The number of fused-ring (bicyclic) bond motifs is 1. The molecular weight excluding hydrogens is 272 g/mol. The summed E-state index contributed by atoms with van der Waals surface area (Å²) < 4.78 is 5.76. The van der Waals surface area contributed by atoms with Crippen molar-refractivity contribution < 1.29 is 19.4 Å². The van der Waals surface area contributed by atoms with Crippen LogP contribution in [0, 0.1) is 17.3 Å². The van der Waals surface area contributed by atoms with Crippen molar-refractivity contribution in [3.05, 3.63) is 0 Å². The summed E-state index contributed by atoms with van der Waals surface area (Å²) in [5.41, 5.74) is 4.88. The average Bonchev–Trinajstić information content (AvgIpc) is 2.42. The van der Waals surface area contributed by atoms with E-state index in [0.29, 0.717) is 6.61 Å². The van der Waals surface area contributed by atoms with E-state index in [-0.39, 0.29) is 23.8 Å². The Hall–Kier alpha value is -1.14. The maximum atomic E-state index is 12.7. The Bertz CT molecular complexity index is 449. The molecule has 2 fully saturated rings. The first-order valence-corrected chi connectivity index (χ1v) is 7.58. The van der Waals surface area contributed by atoms with Crippen LogP contribution in [0.5, 0.6) is 0 Å². The quantitative estimate of drug-likeness (QED) is 0.710. The number of aliphatic carboxylic acids is 1. The first-order chi connectivity index (χ1) is 9.64. The summed E-state index contributed by atoms with van der Waals surface area (Å²) in [4.78, 5) is 24.0. The smallest absolute Gasteiger partial charge is 0.326 e. The SMILES string of the molecule is CC(C)C(NC(=O)C1(N)C2CCCOC2C1(C)C)C(=O)O. The van der Waals surface area contributed by atoms with Crippen LogP contribution in [0.25, 0.3) is 0 Å². The summed E-state index contributed by atoms with van der Waals surface area (Å²) in [7, 11) is 0. The lowest BCUT2D eigenvalue weighted by Crippen LogP contribution is -2.82. The van der Waals surface area contributed by atoms with E-state index in [0.717, 1.165) is 12.8 Å². The Balaban J connectivity index is 2.19. The number of carboxylic acids is 1. The lowest BCUT2D eigenvalue weighted by molar-refractivity contribution is -0.225. The van der Waals surface area contributed by atoms with E-state index in [1.807, 2.05) is 13.8 Å². The van der Waals surface area contributed by atoms with Crippen molar-refractivity contribution in [1.29, 1.82) is 0 Å². The number of carboxylic acid groups (broad SMARTS) is 1. The Labute approximate surface area is 125 Å². The molecule has 4 atom stereocenters. The molecule has 0 aromatic carbocycles. The fourth-order valence-electron chi connectivity index (χ4n) is 3.81. The fourth-order valence-corrected chi connectivity index (χ4v) is 3.81. The molecule has 0 bridgehead atoms. The molecule has 21 heavy (non-hydrogen) atoms. The van der Waals surface area contributed by atoms with Gasteiger partial charge in [-0.1, -0.05) is 27.7 Å². The van der Waals surface area contributed by atoms with Gasteiger partial charge in [-0.2, -0.15) is 0 Å². The zero-order valence-corrected chi connectivity index (χ0v) is 13.2. The van der Waals surface area contributed by atoms with Crippen LogP contribution < -0.4 is 11.1 Å².